The predicted molar refractivity (Wildman–Crippen MR) is 85.6 cm³/mol. The summed E-state index contributed by atoms with van der Waals surface area (Å²) in [6.07, 6.45) is 8.18. The number of aliphatic imine (C=N–C) groups is 1. The van der Waals surface area contributed by atoms with Crippen molar-refractivity contribution < 1.29 is 4.74 Å². The molecule has 2 heterocycles. The summed E-state index contributed by atoms with van der Waals surface area (Å²) in [5.41, 5.74) is 5.56. The van der Waals surface area contributed by atoms with Crippen LogP contribution in [0, 0.1) is 0 Å². The average molecular weight is 291 g/mol. The molecule has 0 amide bonds. The van der Waals surface area contributed by atoms with Gasteiger partial charge in [0.2, 0.25) is 0 Å². The molecule has 0 saturated carbocycles. The molecule has 2 aliphatic heterocycles. The van der Waals surface area contributed by atoms with Gasteiger partial charge in [0.25, 0.3) is 0 Å². The van der Waals surface area contributed by atoms with E-state index < -0.39 is 0 Å². The van der Waals surface area contributed by atoms with Crippen LogP contribution in [-0.2, 0) is 4.74 Å². The Morgan fingerprint density at radius 3 is 2.81 bits per heavy atom. The standard InChI is InChI=1S/C15H25N5O/c1-13(11-16-2)15(18-20-7-9-21-10-8-20)17-14-5-4-6-19(3)12-14/h4-5,11-12,17-18H,6-10H2,1-3H3/b15-13-,16-11?. The van der Waals surface area contributed by atoms with Crippen LogP contribution in [0.25, 0.3) is 0 Å². The highest BCUT2D eigenvalue weighted by Crippen LogP contribution is 2.07. The summed E-state index contributed by atoms with van der Waals surface area (Å²) in [5, 5.41) is 5.61. The van der Waals surface area contributed by atoms with E-state index in [0.717, 1.165) is 49.9 Å². The first-order valence-electron chi connectivity index (χ1n) is 7.27. The quantitative estimate of drug-likeness (QED) is 0.730. The third-order valence-electron chi connectivity index (χ3n) is 3.32. The Bertz CT molecular complexity index is 461. The zero-order chi connectivity index (χ0) is 15.1. The molecule has 0 bridgehead atoms. The minimum Gasteiger partial charge on any atom is -0.379 e. The number of morpholine rings is 1. The molecule has 1 saturated heterocycles. The predicted octanol–water partition coefficient (Wildman–Crippen LogP) is 0.688. The molecule has 21 heavy (non-hydrogen) atoms. The molecule has 2 N–H and O–H groups in total. The Morgan fingerprint density at radius 2 is 2.14 bits per heavy atom. The molecule has 0 aliphatic carbocycles. The van der Waals surface area contributed by atoms with Gasteiger partial charge in [-0.15, -0.1) is 0 Å². The normalized spacial score (nSPS) is 21.3. The molecule has 116 valence electrons. The lowest BCUT2D eigenvalue weighted by atomic mass is 10.2. The summed E-state index contributed by atoms with van der Waals surface area (Å²) in [6, 6.07) is 0. The summed E-state index contributed by atoms with van der Waals surface area (Å²) < 4.78 is 5.38. The number of nitrogens with zero attached hydrogens (tertiary/aromatic N) is 3. The Morgan fingerprint density at radius 1 is 1.38 bits per heavy atom. The highest BCUT2D eigenvalue weighted by molar-refractivity contribution is 5.78. The minimum absolute atomic E-state index is 0.756. The molecule has 1 fully saturated rings. The number of allylic oxidation sites excluding steroid dienone is 2. The average Bonchev–Trinajstić information content (AvgIpc) is 2.48. The van der Waals surface area contributed by atoms with Crippen molar-refractivity contribution in [3.8, 4) is 0 Å². The van der Waals surface area contributed by atoms with E-state index in [-0.39, 0.29) is 0 Å². The Labute approximate surface area is 126 Å². The van der Waals surface area contributed by atoms with Crippen molar-refractivity contribution in [2.75, 3.05) is 46.9 Å². The molecule has 0 atom stereocenters. The van der Waals surface area contributed by atoms with Gasteiger partial charge in [-0.05, 0) is 13.0 Å². The molecule has 0 spiro atoms. The van der Waals surface area contributed by atoms with Crippen LogP contribution in [0.1, 0.15) is 6.92 Å². The van der Waals surface area contributed by atoms with E-state index in [1.54, 1.807) is 7.05 Å². The Hall–Kier alpha value is -1.79. The van der Waals surface area contributed by atoms with Gasteiger partial charge < -0.3 is 20.4 Å². The van der Waals surface area contributed by atoms with Gasteiger partial charge in [-0.3, -0.25) is 4.99 Å². The number of hydrogen-bond donors (Lipinski definition) is 2. The van der Waals surface area contributed by atoms with E-state index >= 15 is 0 Å². The summed E-state index contributed by atoms with van der Waals surface area (Å²) in [4.78, 5) is 6.24. The molecule has 0 unspecified atom stereocenters. The molecule has 2 aliphatic rings. The number of nitrogens with one attached hydrogen (secondary N) is 2. The molecular formula is C15H25N5O. The van der Waals surface area contributed by atoms with Crippen molar-refractivity contribution in [1.82, 2.24) is 20.7 Å². The summed E-state index contributed by atoms with van der Waals surface area (Å²) >= 11 is 0. The van der Waals surface area contributed by atoms with E-state index in [2.05, 4.69) is 51.0 Å². The lowest BCUT2D eigenvalue weighted by molar-refractivity contribution is 0.0175. The molecule has 6 nitrogen and oxygen atoms in total. The van der Waals surface area contributed by atoms with Crippen LogP contribution >= 0.6 is 0 Å². The summed E-state index contributed by atoms with van der Waals surface area (Å²) in [6.45, 7) is 6.24. The smallest absolute Gasteiger partial charge is 0.122 e. The highest BCUT2D eigenvalue weighted by atomic mass is 16.5. The second kappa shape index (κ2) is 7.85. The fraction of sp³-hybridized carbons (Fsp3) is 0.533. The van der Waals surface area contributed by atoms with Gasteiger partial charge in [-0.25, -0.2) is 5.01 Å². The Kier molecular flexibility index (Phi) is 5.83. The van der Waals surface area contributed by atoms with Crippen molar-refractivity contribution in [2.24, 2.45) is 4.99 Å². The number of rotatable bonds is 5. The van der Waals surface area contributed by atoms with E-state index in [4.69, 9.17) is 4.74 Å². The van der Waals surface area contributed by atoms with Crippen LogP contribution < -0.4 is 10.7 Å². The van der Waals surface area contributed by atoms with Crippen LogP contribution in [0.15, 0.2) is 40.4 Å². The molecule has 2 rings (SSSR count). The first kappa shape index (κ1) is 15.6. The molecule has 6 heteroatoms. The molecule has 0 radical (unpaired) electrons. The van der Waals surface area contributed by atoms with E-state index in [9.17, 15) is 0 Å². The fourth-order valence-corrected chi connectivity index (χ4v) is 2.20. The van der Waals surface area contributed by atoms with Gasteiger partial charge >= 0.3 is 0 Å². The molecule has 0 aromatic carbocycles. The van der Waals surface area contributed by atoms with Gasteiger partial charge in [-0.1, -0.05) is 6.08 Å². The maximum Gasteiger partial charge on any atom is 0.122 e. The number of hydrazine groups is 1. The lowest BCUT2D eigenvalue weighted by Crippen LogP contribution is -2.48. The van der Waals surface area contributed by atoms with Gasteiger partial charge in [-0.2, -0.15) is 0 Å². The summed E-state index contributed by atoms with van der Waals surface area (Å²) in [7, 11) is 3.84. The minimum atomic E-state index is 0.756. The van der Waals surface area contributed by atoms with E-state index in [1.807, 2.05) is 13.1 Å². The fourth-order valence-electron chi connectivity index (χ4n) is 2.20. The van der Waals surface area contributed by atoms with Crippen LogP contribution in [0.5, 0.6) is 0 Å². The van der Waals surface area contributed by atoms with Crippen molar-refractivity contribution in [2.45, 2.75) is 6.92 Å². The second-order valence-electron chi connectivity index (χ2n) is 5.21. The maximum atomic E-state index is 5.38. The Balaban J connectivity index is 2.08. The van der Waals surface area contributed by atoms with Gasteiger partial charge in [0.1, 0.15) is 5.82 Å². The molecule has 0 aromatic heterocycles. The van der Waals surface area contributed by atoms with E-state index in [0.29, 0.717) is 0 Å². The van der Waals surface area contributed by atoms with Crippen LogP contribution in [0.3, 0.4) is 0 Å². The van der Waals surface area contributed by atoms with Crippen LogP contribution in [0.4, 0.5) is 0 Å². The first-order chi connectivity index (χ1) is 10.2. The SMILES string of the molecule is CN=C/C(C)=C(/NC1=CN(C)CC=C1)NN1CCOCC1. The largest absolute Gasteiger partial charge is 0.379 e. The van der Waals surface area contributed by atoms with Crippen molar-refractivity contribution in [1.29, 1.82) is 0 Å². The number of hydrogen-bond acceptors (Lipinski definition) is 6. The number of ether oxygens (including phenoxy) is 1. The van der Waals surface area contributed by atoms with E-state index in [1.165, 1.54) is 0 Å². The molecule has 0 aromatic rings. The van der Waals surface area contributed by atoms with Gasteiger partial charge in [0.05, 0.1) is 18.9 Å². The molecular weight excluding hydrogens is 266 g/mol. The highest BCUT2D eigenvalue weighted by Gasteiger charge is 2.13. The van der Waals surface area contributed by atoms with Crippen LogP contribution in [-0.4, -0.2) is 63.1 Å². The van der Waals surface area contributed by atoms with Crippen molar-refractivity contribution in [3.63, 3.8) is 0 Å². The summed E-state index contributed by atoms with van der Waals surface area (Å²) in [5.74, 6) is 0.953. The van der Waals surface area contributed by atoms with Gasteiger partial charge in [0.15, 0.2) is 0 Å². The lowest BCUT2D eigenvalue weighted by Gasteiger charge is -2.30. The number of likely N-dealkylation sites (N-methyl/N-ethyl adjacent to an activating group) is 1. The zero-order valence-electron chi connectivity index (χ0n) is 13.1. The topological polar surface area (TPSA) is 52.1 Å². The van der Waals surface area contributed by atoms with Gasteiger partial charge in [0, 0.05) is 51.7 Å². The van der Waals surface area contributed by atoms with Crippen molar-refractivity contribution in [3.05, 3.63) is 35.4 Å². The van der Waals surface area contributed by atoms with Crippen LogP contribution in [0.2, 0.25) is 0 Å². The zero-order valence-corrected chi connectivity index (χ0v) is 13.1. The third kappa shape index (κ3) is 4.91. The maximum absolute atomic E-state index is 5.38. The second-order valence-corrected chi connectivity index (χ2v) is 5.21. The third-order valence-corrected chi connectivity index (χ3v) is 3.32. The van der Waals surface area contributed by atoms with Crippen molar-refractivity contribution >= 4 is 6.21 Å². The first-order valence-corrected chi connectivity index (χ1v) is 7.27. The monoisotopic (exact) mass is 291 g/mol.